The number of methoxy groups -OCH3 is 1. The maximum Gasteiger partial charge on any atom is 0.122 e. The first-order valence-electron chi connectivity index (χ1n) is 4.85. The molecule has 76 valence electrons. The quantitative estimate of drug-likeness (QED) is 0.838. The Morgan fingerprint density at radius 2 is 2.29 bits per heavy atom. The highest BCUT2D eigenvalue weighted by Gasteiger charge is 2.22. The summed E-state index contributed by atoms with van der Waals surface area (Å²) in [7, 11) is 1.71. The number of hydrogen-bond donors (Lipinski definition) is 1. The number of fused-ring (bicyclic) bond motifs is 1. The molecule has 0 spiro atoms. The summed E-state index contributed by atoms with van der Waals surface area (Å²) in [5, 5.41) is 0. The Morgan fingerprint density at radius 1 is 1.50 bits per heavy atom. The summed E-state index contributed by atoms with van der Waals surface area (Å²) in [6, 6.07) is 4.17. The van der Waals surface area contributed by atoms with E-state index in [0.717, 1.165) is 29.5 Å². The zero-order valence-electron chi connectivity index (χ0n) is 8.22. The van der Waals surface area contributed by atoms with Crippen LogP contribution in [0.5, 0.6) is 5.75 Å². The first kappa shape index (κ1) is 9.99. The molecule has 14 heavy (non-hydrogen) atoms. The van der Waals surface area contributed by atoms with Crippen LogP contribution in [0.25, 0.3) is 0 Å². The SMILES string of the molecule is COc1ccc(Br)c2c1CCC[C@H]2N. The molecule has 1 atom stereocenters. The van der Waals surface area contributed by atoms with Crippen molar-refractivity contribution < 1.29 is 4.74 Å². The molecule has 2 rings (SSSR count). The van der Waals surface area contributed by atoms with Gasteiger partial charge in [-0.2, -0.15) is 0 Å². The van der Waals surface area contributed by atoms with E-state index in [4.69, 9.17) is 10.5 Å². The largest absolute Gasteiger partial charge is 0.496 e. The molecule has 2 nitrogen and oxygen atoms in total. The average Bonchev–Trinajstić information content (AvgIpc) is 2.18. The van der Waals surface area contributed by atoms with Crippen LogP contribution < -0.4 is 10.5 Å². The molecule has 0 fully saturated rings. The fourth-order valence-corrected chi connectivity index (χ4v) is 2.77. The minimum atomic E-state index is 0.156. The van der Waals surface area contributed by atoms with Gasteiger partial charge in [-0.15, -0.1) is 0 Å². The third kappa shape index (κ3) is 1.55. The van der Waals surface area contributed by atoms with Crippen molar-refractivity contribution in [2.45, 2.75) is 25.3 Å². The van der Waals surface area contributed by atoms with E-state index in [2.05, 4.69) is 15.9 Å². The predicted molar refractivity (Wildman–Crippen MR) is 60.6 cm³/mol. The molecule has 3 heteroatoms. The molecule has 0 amide bonds. The van der Waals surface area contributed by atoms with Gasteiger partial charge < -0.3 is 10.5 Å². The van der Waals surface area contributed by atoms with Crippen LogP contribution in [0.15, 0.2) is 16.6 Å². The van der Waals surface area contributed by atoms with Gasteiger partial charge in [0.15, 0.2) is 0 Å². The highest BCUT2D eigenvalue weighted by Crippen LogP contribution is 2.38. The smallest absolute Gasteiger partial charge is 0.122 e. The molecule has 1 aliphatic carbocycles. The lowest BCUT2D eigenvalue weighted by atomic mass is 9.87. The number of halogens is 1. The molecule has 1 aromatic rings. The third-order valence-electron chi connectivity index (χ3n) is 2.79. The molecule has 1 aliphatic rings. The van der Waals surface area contributed by atoms with Crippen molar-refractivity contribution in [1.29, 1.82) is 0 Å². The predicted octanol–water partition coefficient (Wildman–Crippen LogP) is 2.79. The van der Waals surface area contributed by atoms with Crippen LogP contribution in [-0.2, 0) is 6.42 Å². The monoisotopic (exact) mass is 255 g/mol. The maximum atomic E-state index is 6.09. The van der Waals surface area contributed by atoms with Gasteiger partial charge in [-0.05, 0) is 42.5 Å². The van der Waals surface area contributed by atoms with E-state index in [1.54, 1.807) is 7.11 Å². The van der Waals surface area contributed by atoms with Gasteiger partial charge in [-0.1, -0.05) is 15.9 Å². The minimum Gasteiger partial charge on any atom is -0.496 e. The minimum absolute atomic E-state index is 0.156. The molecule has 0 saturated heterocycles. The Hall–Kier alpha value is -0.540. The second-order valence-electron chi connectivity index (χ2n) is 3.64. The van der Waals surface area contributed by atoms with Gasteiger partial charge >= 0.3 is 0 Å². The summed E-state index contributed by atoms with van der Waals surface area (Å²) >= 11 is 3.55. The zero-order valence-corrected chi connectivity index (χ0v) is 9.80. The number of hydrogen-bond acceptors (Lipinski definition) is 2. The van der Waals surface area contributed by atoms with Gasteiger partial charge in [0.05, 0.1) is 7.11 Å². The first-order valence-corrected chi connectivity index (χ1v) is 5.64. The number of rotatable bonds is 1. The highest BCUT2D eigenvalue weighted by atomic mass is 79.9. The summed E-state index contributed by atoms with van der Waals surface area (Å²) in [4.78, 5) is 0. The molecule has 1 aromatic carbocycles. The summed E-state index contributed by atoms with van der Waals surface area (Å²) in [6.45, 7) is 0. The zero-order chi connectivity index (χ0) is 10.1. The molecule has 2 N–H and O–H groups in total. The summed E-state index contributed by atoms with van der Waals surface area (Å²) in [5.74, 6) is 0.971. The molecule has 0 heterocycles. The van der Waals surface area contributed by atoms with Gasteiger partial charge in [0, 0.05) is 10.5 Å². The second kappa shape index (κ2) is 3.91. The van der Waals surface area contributed by atoms with Crippen LogP contribution in [0.3, 0.4) is 0 Å². The van der Waals surface area contributed by atoms with E-state index in [-0.39, 0.29) is 6.04 Å². The van der Waals surface area contributed by atoms with Crippen LogP contribution in [0, 0.1) is 0 Å². The van der Waals surface area contributed by atoms with Crippen LogP contribution >= 0.6 is 15.9 Å². The van der Waals surface area contributed by atoms with Crippen molar-refractivity contribution in [3.63, 3.8) is 0 Å². The molecule has 0 aliphatic heterocycles. The van der Waals surface area contributed by atoms with Gasteiger partial charge in [-0.25, -0.2) is 0 Å². The van der Waals surface area contributed by atoms with Crippen LogP contribution in [0.1, 0.15) is 30.0 Å². The second-order valence-corrected chi connectivity index (χ2v) is 4.49. The Morgan fingerprint density at radius 3 is 3.00 bits per heavy atom. The average molecular weight is 256 g/mol. The third-order valence-corrected chi connectivity index (χ3v) is 3.48. The van der Waals surface area contributed by atoms with Crippen molar-refractivity contribution in [1.82, 2.24) is 0 Å². The highest BCUT2D eigenvalue weighted by molar-refractivity contribution is 9.10. The number of benzene rings is 1. The standard InChI is InChI=1S/C11H14BrNO/c1-14-10-6-5-8(12)11-7(10)3-2-4-9(11)13/h5-6,9H,2-4,13H2,1H3/t9-/m1/s1. The Balaban J connectivity index is 2.57. The van der Waals surface area contributed by atoms with Crippen LogP contribution in [0.4, 0.5) is 0 Å². The summed E-state index contributed by atoms with van der Waals surface area (Å²) < 4.78 is 6.45. The van der Waals surface area contributed by atoms with E-state index < -0.39 is 0 Å². The summed E-state index contributed by atoms with van der Waals surface area (Å²) in [6.07, 6.45) is 3.30. The van der Waals surface area contributed by atoms with Gasteiger partial charge in [-0.3, -0.25) is 0 Å². The van der Waals surface area contributed by atoms with E-state index in [1.165, 1.54) is 11.1 Å². The molecule has 0 radical (unpaired) electrons. The lowest BCUT2D eigenvalue weighted by molar-refractivity contribution is 0.403. The van der Waals surface area contributed by atoms with E-state index >= 15 is 0 Å². The molecular formula is C11H14BrNO. The molecule has 0 bridgehead atoms. The lowest BCUT2D eigenvalue weighted by Gasteiger charge is -2.25. The fourth-order valence-electron chi connectivity index (χ4n) is 2.11. The molecule has 0 saturated carbocycles. The Labute approximate surface area is 92.6 Å². The van der Waals surface area contributed by atoms with Crippen LogP contribution in [0.2, 0.25) is 0 Å². The van der Waals surface area contributed by atoms with E-state index in [9.17, 15) is 0 Å². The van der Waals surface area contributed by atoms with Gasteiger partial charge in [0.1, 0.15) is 5.75 Å². The molecule has 0 unspecified atom stereocenters. The number of nitrogens with two attached hydrogens (primary N) is 1. The van der Waals surface area contributed by atoms with Crippen molar-refractivity contribution in [2.24, 2.45) is 5.73 Å². The van der Waals surface area contributed by atoms with E-state index in [0.29, 0.717) is 0 Å². The van der Waals surface area contributed by atoms with Crippen molar-refractivity contribution in [3.05, 3.63) is 27.7 Å². The van der Waals surface area contributed by atoms with Crippen LogP contribution in [-0.4, -0.2) is 7.11 Å². The summed E-state index contributed by atoms with van der Waals surface area (Å²) in [5.41, 5.74) is 8.60. The first-order chi connectivity index (χ1) is 6.74. The fraction of sp³-hybridized carbons (Fsp3) is 0.455. The van der Waals surface area contributed by atoms with Gasteiger partial charge in [0.25, 0.3) is 0 Å². The lowest BCUT2D eigenvalue weighted by Crippen LogP contribution is -2.18. The Kier molecular flexibility index (Phi) is 2.79. The van der Waals surface area contributed by atoms with Crippen molar-refractivity contribution >= 4 is 15.9 Å². The Bertz CT molecular complexity index is 351. The normalized spacial score (nSPS) is 20.4. The molecular weight excluding hydrogens is 242 g/mol. The topological polar surface area (TPSA) is 35.2 Å². The maximum absolute atomic E-state index is 6.09. The molecule has 0 aromatic heterocycles. The van der Waals surface area contributed by atoms with Crippen molar-refractivity contribution in [2.75, 3.05) is 7.11 Å². The van der Waals surface area contributed by atoms with E-state index in [1.807, 2.05) is 12.1 Å². The van der Waals surface area contributed by atoms with Crippen molar-refractivity contribution in [3.8, 4) is 5.75 Å². The number of ether oxygens (including phenoxy) is 1. The van der Waals surface area contributed by atoms with Gasteiger partial charge in [0.2, 0.25) is 0 Å².